The van der Waals surface area contributed by atoms with E-state index in [-0.39, 0.29) is 6.42 Å². The standard InChI is InChI=1S/C14H21N7O6/c15-7(2-10(16)22)12(24)20-8(3-11(17)23)13(25)21-9(14(26)27)1-6-4-18-5-19-6/h4-5,7-9H,1-3,15H2,(H2,16,22)(H2,17,23)(H,18,19)(H,20,24)(H,21,25)(H,26,27)/t7-,8-,9-/m0/s1. The highest BCUT2D eigenvalue weighted by Crippen LogP contribution is 2.02. The molecule has 0 fully saturated rings. The molecule has 1 heterocycles. The Labute approximate surface area is 153 Å². The van der Waals surface area contributed by atoms with Crippen molar-refractivity contribution in [3.8, 4) is 0 Å². The number of aliphatic carboxylic acids is 1. The SMILES string of the molecule is NC(=O)C[C@H](NC(=O)[C@@H](N)CC(N)=O)C(=O)N[C@@H](Cc1cnc[nH]1)C(=O)O. The zero-order valence-electron chi connectivity index (χ0n) is 14.2. The Kier molecular flexibility index (Phi) is 7.88. The monoisotopic (exact) mass is 383 g/mol. The second-order valence-electron chi connectivity index (χ2n) is 5.69. The number of primary amides is 2. The van der Waals surface area contributed by atoms with Crippen molar-refractivity contribution in [2.24, 2.45) is 17.2 Å². The van der Waals surface area contributed by atoms with Crippen molar-refractivity contribution < 1.29 is 29.1 Å². The Morgan fingerprint density at radius 2 is 1.63 bits per heavy atom. The van der Waals surface area contributed by atoms with Crippen molar-refractivity contribution in [1.29, 1.82) is 0 Å². The van der Waals surface area contributed by atoms with Gasteiger partial charge in [0.2, 0.25) is 23.6 Å². The predicted molar refractivity (Wildman–Crippen MR) is 89.4 cm³/mol. The van der Waals surface area contributed by atoms with Gasteiger partial charge in [-0.05, 0) is 0 Å². The van der Waals surface area contributed by atoms with E-state index in [0.29, 0.717) is 5.69 Å². The molecule has 1 aromatic heterocycles. The minimum atomic E-state index is -1.47. The fourth-order valence-electron chi connectivity index (χ4n) is 2.09. The Balaban J connectivity index is 2.82. The number of imidazole rings is 1. The van der Waals surface area contributed by atoms with Gasteiger partial charge >= 0.3 is 5.97 Å². The molecule has 0 bridgehead atoms. The summed E-state index contributed by atoms with van der Waals surface area (Å²) in [7, 11) is 0. The molecule has 10 N–H and O–H groups in total. The number of rotatable bonds is 11. The highest BCUT2D eigenvalue weighted by molar-refractivity contribution is 5.95. The molecule has 1 aromatic rings. The van der Waals surface area contributed by atoms with Crippen LogP contribution in [-0.4, -0.2) is 62.8 Å². The minimum Gasteiger partial charge on any atom is -0.480 e. The van der Waals surface area contributed by atoms with Crippen LogP contribution in [-0.2, 0) is 30.4 Å². The second-order valence-corrected chi connectivity index (χ2v) is 5.69. The van der Waals surface area contributed by atoms with Gasteiger partial charge in [0.05, 0.1) is 25.2 Å². The third kappa shape index (κ3) is 7.52. The first-order chi connectivity index (χ1) is 12.6. The van der Waals surface area contributed by atoms with Gasteiger partial charge in [-0.3, -0.25) is 19.2 Å². The number of amides is 4. The van der Waals surface area contributed by atoms with Gasteiger partial charge in [0.25, 0.3) is 0 Å². The molecular weight excluding hydrogens is 362 g/mol. The first-order valence-electron chi connectivity index (χ1n) is 7.73. The summed E-state index contributed by atoms with van der Waals surface area (Å²) in [6.07, 6.45) is 1.53. The lowest BCUT2D eigenvalue weighted by Gasteiger charge is -2.21. The molecule has 0 aliphatic rings. The maximum Gasteiger partial charge on any atom is 0.326 e. The van der Waals surface area contributed by atoms with Crippen molar-refractivity contribution in [2.75, 3.05) is 0 Å². The third-order valence-electron chi connectivity index (χ3n) is 3.39. The van der Waals surface area contributed by atoms with Crippen molar-refractivity contribution in [3.63, 3.8) is 0 Å². The van der Waals surface area contributed by atoms with E-state index in [2.05, 4.69) is 20.6 Å². The topological polar surface area (TPSA) is 236 Å². The van der Waals surface area contributed by atoms with Crippen LogP contribution >= 0.6 is 0 Å². The molecule has 1 rings (SSSR count). The summed E-state index contributed by atoms with van der Waals surface area (Å²) in [5.41, 5.74) is 15.9. The predicted octanol–water partition coefficient (Wildman–Crippen LogP) is -3.92. The number of carbonyl (C=O) groups excluding carboxylic acids is 4. The lowest BCUT2D eigenvalue weighted by Crippen LogP contribution is -2.56. The van der Waals surface area contributed by atoms with Crippen molar-refractivity contribution in [2.45, 2.75) is 37.4 Å². The van der Waals surface area contributed by atoms with E-state index in [0.717, 1.165) is 0 Å². The average molecular weight is 383 g/mol. The summed E-state index contributed by atoms with van der Waals surface area (Å²) in [5.74, 6) is -4.97. The number of aromatic amines is 1. The smallest absolute Gasteiger partial charge is 0.326 e. The maximum absolute atomic E-state index is 12.3. The molecule has 148 valence electrons. The summed E-state index contributed by atoms with van der Waals surface area (Å²) in [6, 6.07) is -4.17. The number of hydrogen-bond acceptors (Lipinski definition) is 7. The van der Waals surface area contributed by atoms with Crippen LogP contribution in [0.1, 0.15) is 18.5 Å². The van der Waals surface area contributed by atoms with Gasteiger partial charge in [0, 0.05) is 18.3 Å². The van der Waals surface area contributed by atoms with Crippen LogP contribution in [0.3, 0.4) is 0 Å². The van der Waals surface area contributed by atoms with E-state index >= 15 is 0 Å². The van der Waals surface area contributed by atoms with E-state index < -0.39 is 60.6 Å². The molecule has 13 heteroatoms. The van der Waals surface area contributed by atoms with Crippen LogP contribution < -0.4 is 27.8 Å². The van der Waals surface area contributed by atoms with Crippen LogP contribution in [0.4, 0.5) is 0 Å². The number of aromatic nitrogens is 2. The van der Waals surface area contributed by atoms with Crippen LogP contribution in [0, 0.1) is 0 Å². The molecule has 27 heavy (non-hydrogen) atoms. The zero-order chi connectivity index (χ0) is 20.6. The van der Waals surface area contributed by atoms with Gasteiger partial charge in [-0.15, -0.1) is 0 Å². The Morgan fingerprint density at radius 3 is 2.11 bits per heavy atom. The molecule has 13 nitrogen and oxygen atoms in total. The summed E-state index contributed by atoms with van der Waals surface area (Å²) in [5, 5.41) is 13.6. The quantitative estimate of drug-likeness (QED) is 0.199. The summed E-state index contributed by atoms with van der Waals surface area (Å²) >= 11 is 0. The Hall–Kier alpha value is -3.48. The van der Waals surface area contributed by atoms with E-state index in [1.165, 1.54) is 12.5 Å². The molecule has 0 aliphatic heterocycles. The zero-order valence-corrected chi connectivity index (χ0v) is 14.2. The number of nitrogens with one attached hydrogen (secondary N) is 3. The first kappa shape index (κ1) is 21.6. The lowest BCUT2D eigenvalue weighted by atomic mass is 10.1. The van der Waals surface area contributed by atoms with E-state index in [1.807, 2.05) is 0 Å². The molecule has 0 radical (unpaired) electrons. The highest BCUT2D eigenvalue weighted by Gasteiger charge is 2.29. The molecule has 3 atom stereocenters. The fourth-order valence-corrected chi connectivity index (χ4v) is 2.09. The Morgan fingerprint density at radius 1 is 1.04 bits per heavy atom. The average Bonchev–Trinajstić information content (AvgIpc) is 3.05. The maximum atomic E-state index is 12.3. The van der Waals surface area contributed by atoms with Crippen LogP contribution in [0.15, 0.2) is 12.5 Å². The number of carboxylic acid groups (broad SMARTS) is 1. The number of nitrogens with two attached hydrogens (primary N) is 3. The molecule has 0 aromatic carbocycles. The van der Waals surface area contributed by atoms with Gasteiger partial charge < -0.3 is 37.9 Å². The van der Waals surface area contributed by atoms with Gasteiger partial charge in [-0.2, -0.15) is 0 Å². The molecule has 4 amide bonds. The van der Waals surface area contributed by atoms with Gasteiger partial charge in [-0.1, -0.05) is 0 Å². The van der Waals surface area contributed by atoms with Crippen LogP contribution in [0.2, 0.25) is 0 Å². The summed E-state index contributed by atoms with van der Waals surface area (Å²) in [4.78, 5) is 64.1. The van der Waals surface area contributed by atoms with E-state index in [1.54, 1.807) is 0 Å². The molecule has 0 unspecified atom stereocenters. The number of carbonyl (C=O) groups is 5. The molecular formula is C14H21N7O6. The largest absolute Gasteiger partial charge is 0.480 e. The van der Waals surface area contributed by atoms with Crippen LogP contribution in [0.25, 0.3) is 0 Å². The molecule has 0 aliphatic carbocycles. The minimum absolute atomic E-state index is 0.112. The number of H-pyrrole nitrogens is 1. The van der Waals surface area contributed by atoms with Crippen molar-refractivity contribution in [1.82, 2.24) is 20.6 Å². The Bertz CT molecular complexity index is 705. The van der Waals surface area contributed by atoms with E-state index in [9.17, 15) is 29.1 Å². The van der Waals surface area contributed by atoms with Gasteiger partial charge in [-0.25, -0.2) is 9.78 Å². The summed E-state index contributed by atoms with van der Waals surface area (Å²) < 4.78 is 0. The molecule has 0 saturated carbocycles. The molecule has 0 spiro atoms. The molecule has 0 saturated heterocycles. The second kappa shape index (κ2) is 9.86. The normalized spacial score (nSPS) is 13.8. The number of hydrogen-bond donors (Lipinski definition) is 7. The number of carboxylic acids is 1. The van der Waals surface area contributed by atoms with Crippen molar-refractivity contribution >= 4 is 29.6 Å². The van der Waals surface area contributed by atoms with Crippen LogP contribution in [0.5, 0.6) is 0 Å². The van der Waals surface area contributed by atoms with Crippen molar-refractivity contribution in [3.05, 3.63) is 18.2 Å². The van der Waals surface area contributed by atoms with E-state index in [4.69, 9.17) is 17.2 Å². The summed E-state index contributed by atoms with van der Waals surface area (Å²) in [6.45, 7) is 0. The fraction of sp³-hybridized carbons (Fsp3) is 0.429. The third-order valence-corrected chi connectivity index (χ3v) is 3.39. The lowest BCUT2D eigenvalue weighted by molar-refractivity contribution is -0.142. The first-order valence-corrected chi connectivity index (χ1v) is 7.73. The highest BCUT2D eigenvalue weighted by atomic mass is 16.4. The van der Waals surface area contributed by atoms with Gasteiger partial charge in [0.15, 0.2) is 0 Å². The number of nitrogens with zero attached hydrogens (tertiary/aromatic N) is 1. The van der Waals surface area contributed by atoms with Gasteiger partial charge in [0.1, 0.15) is 12.1 Å².